The van der Waals surface area contributed by atoms with E-state index in [1.54, 1.807) is 0 Å². The number of aryl methyl sites for hydroxylation is 2. The second kappa shape index (κ2) is 7.73. The minimum atomic E-state index is -4.31. The van der Waals surface area contributed by atoms with Crippen LogP contribution in [-0.4, -0.2) is 4.89 Å². The molecule has 0 amide bonds. The monoisotopic (exact) mass is 430 g/mol. The number of phosphoric ester groups is 1. The summed E-state index contributed by atoms with van der Waals surface area (Å²) in [7, 11) is -4.31. The van der Waals surface area contributed by atoms with E-state index in [4.69, 9.17) is 9.05 Å². The Bertz CT molecular complexity index is 932. The van der Waals surface area contributed by atoms with E-state index in [1.165, 1.54) is 11.1 Å². The largest absolute Gasteiger partial charge is 0.584 e. The molecule has 0 spiro atoms. The maximum atomic E-state index is 12.9. The molecule has 0 atom stereocenters. The van der Waals surface area contributed by atoms with Crippen LogP contribution < -0.4 is 9.05 Å². The van der Waals surface area contributed by atoms with Gasteiger partial charge in [-0.1, -0.05) is 79.7 Å². The predicted octanol–water partition coefficient (Wildman–Crippen LogP) is 6.87. The fraction of sp³-hybridized carbons (Fsp3) is 0.520. The number of benzene rings is 2. The second-order valence-electron chi connectivity index (χ2n) is 10.3. The molecule has 5 heteroatoms. The summed E-state index contributed by atoms with van der Waals surface area (Å²) in [4.78, 5) is 10.6. The maximum absolute atomic E-state index is 12.9. The van der Waals surface area contributed by atoms with Gasteiger partial charge in [0, 0.05) is 6.42 Å². The Balaban J connectivity index is 2.31. The Morgan fingerprint density at radius 1 is 0.800 bits per heavy atom. The highest BCUT2D eigenvalue weighted by Crippen LogP contribution is 2.52. The van der Waals surface area contributed by atoms with Crippen LogP contribution in [0.2, 0.25) is 0 Å². The molecule has 0 radical (unpaired) electrons. The summed E-state index contributed by atoms with van der Waals surface area (Å²) >= 11 is 0. The molecular weight excluding hydrogens is 395 g/mol. The minimum Gasteiger partial charge on any atom is -0.395 e. The molecule has 0 aliphatic carbocycles. The molecule has 0 bridgehead atoms. The standard InChI is InChI=1S/C25H35O4P/c1-9-16-12-20(24(3,4)5)14-18-11-19-15-21(25(6,7)8)13-17(10-2)23(19)29-30(26,27)28-22(16)18/h12-15H,9-11H2,1-8H3,(H,26,27). The summed E-state index contributed by atoms with van der Waals surface area (Å²) < 4.78 is 24.3. The second-order valence-corrected chi connectivity index (χ2v) is 11.6. The summed E-state index contributed by atoms with van der Waals surface area (Å²) in [6, 6.07) is 8.42. The van der Waals surface area contributed by atoms with Gasteiger partial charge in [-0.3, -0.25) is 4.89 Å². The Labute approximate surface area is 181 Å². The molecule has 2 aromatic rings. The molecule has 164 valence electrons. The molecule has 0 unspecified atom stereocenters. The van der Waals surface area contributed by atoms with Crippen molar-refractivity contribution in [2.45, 2.75) is 85.5 Å². The fourth-order valence-corrected chi connectivity index (χ4v) is 4.82. The third-order valence-electron chi connectivity index (χ3n) is 5.77. The number of fused-ring (bicyclic) bond motifs is 2. The normalized spacial score (nSPS) is 15.9. The van der Waals surface area contributed by atoms with Gasteiger partial charge in [-0.25, -0.2) is 4.57 Å². The molecule has 3 rings (SSSR count). The van der Waals surface area contributed by atoms with E-state index in [1.807, 2.05) is 13.8 Å². The first-order valence-electron chi connectivity index (χ1n) is 10.8. The van der Waals surface area contributed by atoms with Gasteiger partial charge in [-0.2, -0.15) is 0 Å². The van der Waals surface area contributed by atoms with Gasteiger partial charge in [0.25, 0.3) is 0 Å². The van der Waals surface area contributed by atoms with Crippen molar-refractivity contribution in [3.63, 3.8) is 0 Å². The van der Waals surface area contributed by atoms with Crippen LogP contribution in [0.25, 0.3) is 0 Å². The summed E-state index contributed by atoms with van der Waals surface area (Å²) in [6.45, 7) is 17.1. The molecule has 1 heterocycles. The average Bonchev–Trinajstić information content (AvgIpc) is 2.60. The highest BCUT2D eigenvalue weighted by atomic mass is 31.2. The van der Waals surface area contributed by atoms with Gasteiger partial charge in [-0.05, 0) is 57.1 Å². The Morgan fingerprint density at radius 3 is 1.47 bits per heavy atom. The highest BCUT2D eigenvalue weighted by Gasteiger charge is 2.34. The summed E-state index contributed by atoms with van der Waals surface area (Å²) in [5.74, 6) is 0.974. The molecule has 2 aromatic carbocycles. The van der Waals surface area contributed by atoms with E-state index in [0.717, 1.165) is 22.3 Å². The Kier molecular flexibility index (Phi) is 5.90. The Hall–Kier alpha value is -1.77. The quantitative estimate of drug-likeness (QED) is 0.528. The lowest BCUT2D eigenvalue weighted by atomic mass is 9.81. The van der Waals surface area contributed by atoms with E-state index >= 15 is 0 Å². The lowest BCUT2D eigenvalue weighted by molar-refractivity contribution is 0.284. The summed E-state index contributed by atoms with van der Waals surface area (Å²) in [5, 5.41) is 0. The number of hydrogen-bond acceptors (Lipinski definition) is 3. The molecule has 0 aromatic heterocycles. The first-order valence-corrected chi connectivity index (χ1v) is 12.3. The molecule has 1 aliphatic rings. The van der Waals surface area contributed by atoms with Crippen molar-refractivity contribution in [2.75, 3.05) is 0 Å². The van der Waals surface area contributed by atoms with Crippen molar-refractivity contribution in [1.82, 2.24) is 0 Å². The zero-order chi connectivity index (χ0) is 22.5. The molecule has 1 N–H and O–H groups in total. The minimum absolute atomic E-state index is 0.0363. The van der Waals surface area contributed by atoms with Crippen LogP contribution in [0.3, 0.4) is 0 Å². The van der Waals surface area contributed by atoms with Gasteiger partial charge in [0.15, 0.2) is 0 Å². The van der Waals surface area contributed by atoms with Crippen molar-refractivity contribution in [3.05, 3.63) is 57.6 Å². The first kappa shape index (κ1) is 22.9. The summed E-state index contributed by atoms with van der Waals surface area (Å²) in [5.41, 5.74) is 6.05. The van der Waals surface area contributed by atoms with Gasteiger partial charge < -0.3 is 9.05 Å². The fourth-order valence-electron chi connectivity index (χ4n) is 3.85. The highest BCUT2D eigenvalue weighted by molar-refractivity contribution is 7.48. The van der Waals surface area contributed by atoms with E-state index in [2.05, 4.69) is 65.8 Å². The molecule has 0 saturated heterocycles. The maximum Gasteiger partial charge on any atom is 0.584 e. The van der Waals surface area contributed by atoms with Crippen molar-refractivity contribution in [3.8, 4) is 11.5 Å². The smallest absolute Gasteiger partial charge is 0.395 e. The van der Waals surface area contributed by atoms with Gasteiger partial charge in [0.2, 0.25) is 0 Å². The molecular formula is C25H35O4P. The van der Waals surface area contributed by atoms with Crippen LogP contribution in [0.4, 0.5) is 0 Å². The van der Waals surface area contributed by atoms with E-state index in [0.29, 0.717) is 30.8 Å². The Morgan fingerprint density at radius 2 is 1.17 bits per heavy atom. The lowest BCUT2D eigenvalue weighted by Gasteiger charge is -2.29. The van der Waals surface area contributed by atoms with Crippen LogP contribution in [0.1, 0.15) is 88.8 Å². The topological polar surface area (TPSA) is 55.8 Å². The average molecular weight is 431 g/mol. The molecule has 0 saturated carbocycles. The van der Waals surface area contributed by atoms with Crippen LogP contribution >= 0.6 is 7.82 Å². The molecule has 4 nitrogen and oxygen atoms in total. The van der Waals surface area contributed by atoms with Gasteiger partial charge >= 0.3 is 7.82 Å². The zero-order valence-electron chi connectivity index (χ0n) is 19.5. The van der Waals surface area contributed by atoms with E-state index < -0.39 is 7.82 Å². The van der Waals surface area contributed by atoms with Crippen molar-refractivity contribution in [1.29, 1.82) is 0 Å². The number of phosphoric acid groups is 1. The lowest BCUT2D eigenvalue weighted by Crippen LogP contribution is -2.17. The summed E-state index contributed by atoms with van der Waals surface area (Å²) in [6.07, 6.45) is 2.02. The van der Waals surface area contributed by atoms with Crippen molar-refractivity contribution in [2.24, 2.45) is 0 Å². The molecule has 1 aliphatic heterocycles. The van der Waals surface area contributed by atoms with Crippen LogP contribution in [0.15, 0.2) is 24.3 Å². The third kappa shape index (κ3) is 4.60. The predicted molar refractivity (Wildman–Crippen MR) is 123 cm³/mol. The first-order chi connectivity index (χ1) is 13.7. The number of rotatable bonds is 2. The van der Waals surface area contributed by atoms with Crippen molar-refractivity contribution >= 4 is 7.82 Å². The van der Waals surface area contributed by atoms with E-state index in [-0.39, 0.29) is 10.8 Å². The molecule has 30 heavy (non-hydrogen) atoms. The third-order valence-corrected chi connectivity index (χ3v) is 6.60. The van der Waals surface area contributed by atoms with Crippen LogP contribution in [-0.2, 0) is 34.7 Å². The van der Waals surface area contributed by atoms with Crippen molar-refractivity contribution < 1.29 is 18.5 Å². The zero-order valence-corrected chi connectivity index (χ0v) is 20.4. The van der Waals surface area contributed by atoms with Gasteiger partial charge in [-0.15, -0.1) is 0 Å². The van der Waals surface area contributed by atoms with Crippen LogP contribution in [0.5, 0.6) is 11.5 Å². The van der Waals surface area contributed by atoms with Gasteiger partial charge in [0.05, 0.1) is 0 Å². The molecule has 0 fully saturated rings. The number of hydrogen-bond donors (Lipinski definition) is 1. The van der Waals surface area contributed by atoms with Gasteiger partial charge in [0.1, 0.15) is 11.5 Å². The SMILES string of the molecule is CCc1cc(C(C)(C)C)cc2c1OP(=O)(O)Oc1c(CC)cc(C(C)(C)C)cc1C2. The van der Waals surface area contributed by atoms with Crippen LogP contribution in [0, 0.1) is 0 Å². The van der Waals surface area contributed by atoms with E-state index in [9.17, 15) is 9.46 Å².